The Bertz CT molecular complexity index is 728. The molecule has 0 spiro atoms. The molecule has 1 heterocycles. The third-order valence-corrected chi connectivity index (χ3v) is 4.60. The number of nitro groups is 1. The molecule has 23 heavy (non-hydrogen) atoms. The van der Waals surface area contributed by atoms with E-state index < -0.39 is 10.8 Å². The number of nitrogens with zero attached hydrogens (tertiary/aromatic N) is 2. The van der Waals surface area contributed by atoms with Crippen molar-refractivity contribution in [3.63, 3.8) is 0 Å². The summed E-state index contributed by atoms with van der Waals surface area (Å²) in [5.41, 5.74) is -0.322. The molecule has 0 aliphatic heterocycles. The molecule has 0 radical (unpaired) electrons. The smallest absolute Gasteiger partial charge is 0.323 e. The van der Waals surface area contributed by atoms with Gasteiger partial charge in [-0.3, -0.25) is 14.9 Å². The van der Waals surface area contributed by atoms with E-state index in [9.17, 15) is 14.9 Å². The maximum absolute atomic E-state index is 12.6. The number of aromatic nitrogens is 1. The van der Waals surface area contributed by atoms with Crippen LogP contribution >= 0.6 is 11.3 Å². The van der Waals surface area contributed by atoms with Crippen LogP contribution in [-0.4, -0.2) is 22.9 Å². The van der Waals surface area contributed by atoms with Crippen LogP contribution in [0.2, 0.25) is 0 Å². The van der Waals surface area contributed by atoms with E-state index >= 15 is 0 Å². The largest absolute Gasteiger partial charge is 0.490 e. The quantitative estimate of drug-likeness (QED) is 0.648. The monoisotopic (exact) mass is 333 g/mol. The Morgan fingerprint density at radius 3 is 2.87 bits per heavy atom. The highest BCUT2D eigenvalue weighted by molar-refractivity contribution is 7.09. The summed E-state index contributed by atoms with van der Waals surface area (Å²) in [6, 6.07) is 4.26. The van der Waals surface area contributed by atoms with E-state index in [0.29, 0.717) is 5.92 Å². The second-order valence-electron chi connectivity index (χ2n) is 5.27. The molecule has 1 aromatic carbocycles. The molecule has 0 unspecified atom stereocenters. The number of hydrogen-bond donors (Lipinski definition) is 1. The van der Waals surface area contributed by atoms with Gasteiger partial charge < -0.3 is 10.1 Å². The average Bonchev–Trinajstić information content (AvgIpc) is 3.25. The summed E-state index contributed by atoms with van der Waals surface area (Å²) in [5.74, 6) is -0.0719. The summed E-state index contributed by atoms with van der Waals surface area (Å²) < 4.78 is 5.00. The SMILES string of the molecule is COc1cccc(C(=O)N[C@@H](c2nccs2)C2CC2)c1[N+](=O)[O-]. The summed E-state index contributed by atoms with van der Waals surface area (Å²) in [6.45, 7) is 0. The number of para-hydroxylation sites is 1. The van der Waals surface area contributed by atoms with Gasteiger partial charge in [-0.1, -0.05) is 6.07 Å². The van der Waals surface area contributed by atoms with Gasteiger partial charge >= 0.3 is 5.69 Å². The summed E-state index contributed by atoms with van der Waals surface area (Å²) in [4.78, 5) is 27.6. The molecule has 0 saturated heterocycles. The molecular weight excluding hydrogens is 318 g/mol. The highest BCUT2D eigenvalue weighted by atomic mass is 32.1. The molecular formula is C15H15N3O4S. The molecule has 1 atom stereocenters. The zero-order chi connectivity index (χ0) is 16.4. The van der Waals surface area contributed by atoms with E-state index in [-0.39, 0.29) is 23.0 Å². The highest BCUT2D eigenvalue weighted by Gasteiger charge is 2.36. The third kappa shape index (κ3) is 3.16. The lowest BCUT2D eigenvalue weighted by molar-refractivity contribution is -0.386. The van der Waals surface area contributed by atoms with Gasteiger partial charge in [0.1, 0.15) is 10.6 Å². The Morgan fingerprint density at radius 1 is 1.52 bits per heavy atom. The molecule has 3 rings (SSSR count). The van der Waals surface area contributed by atoms with Crippen molar-refractivity contribution in [1.29, 1.82) is 0 Å². The van der Waals surface area contributed by atoms with Crippen molar-refractivity contribution in [1.82, 2.24) is 10.3 Å². The lowest BCUT2D eigenvalue weighted by atomic mass is 10.1. The van der Waals surface area contributed by atoms with Crippen molar-refractivity contribution >= 4 is 22.9 Å². The first kappa shape index (κ1) is 15.4. The van der Waals surface area contributed by atoms with Gasteiger partial charge in [0, 0.05) is 11.6 Å². The lowest BCUT2D eigenvalue weighted by Crippen LogP contribution is -2.30. The minimum absolute atomic E-state index is 0.00319. The highest BCUT2D eigenvalue weighted by Crippen LogP contribution is 2.42. The Balaban J connectivity index is 1.90. The zero-order valence-electron chi connectivity index (χ0n) is 12.4. The molecule has 0 bridgehead atoms. The number of amides is 1. The van der Waals surface area contributed by atoms with Crippen molar-refractivity contribution in [3.05, 3.63) is 50.5 Å². The van der Waals surface area contributed by atoms with Gasteiger partial charge in [0.2, 0.25) is 0 Å². The molecule has 1 aliphatic carbocycles. The first-order valence-corrected chi connectivity index (χ1v) is 8.01. The summed E-state index contributed by atoms with van der Waals surface area (Å²) in [5, 5.41) is 16.9. The predicted molar refractivity (Wildman–Crippen MR) is 84.7 cm³/mol. The minimum atomic E-state index is -0.594. The Kier molecular flexibility index (Phi) is 4.24. The Morgan fingerprint density at radius 2 is 2.30 bits per heavy atom. The standard InChI is InChI=1S/C15H15N3O4S/c1-22-11-4-2-3-10(13(11)18(20)21)14(19)17-12(9-5-6-9)15-16-7-8-23-15/h2-4,7-9,12H,5-6H2,1H3,(H,17,19)/t12-/m1/s1. The molecule has 1 saturated carbocycles. The molecule has 1 amide bonds. The number of nitrogens with one attached hydrogen (secondary N) is 1. The van der Waals surface area contributed by atoms with Gasteiger partial charge in [0.25, 0.3) is 5.91 Å². The fourth-order valence-corrected chi connectivity index (χ4v) is 3.26. The van der Waals surface area contributed by atoms with Crippen LogP contribution in [0.15, 0.2) is 29.8 Å². The van der Waals surface area contributed by atoms with Gasteiger partial charge in [0.15, 0.2) is 5.75 Å². The normalized spacial score (nSPS) is 15.0. The van der Waals surface area contributed by atoms with Crippen molar-refractivity contribution in [3.8, 4) is 5.75 Å². The number of nitro benzene ring substituents is 1. The van der Waals surface area contributed by atoms with E-state index in [1.807, 2.05) is 5.38 Å². The first-order chi connectivity index (χ1) is 11.1. The Labute approximate surface area is 136 Å². The Hall–Kier alpha value is -2.48. The van der Waals surface area contributed by atoms with Gasteiger partial charge in [-0.2, -0.15) is 0 Å². The molecule has 7 nitrogen and oxygen atoms in total. The molecule has 8 heteroatoms. The second kappa shape index (κ2) is 6.33. The molecule has 2 aromatic rings. The lowest BCUT2D eigenvalue weighted by Gasteiger charge is -2.16. The second-order valence-corrected chi connectivity index (χ2v) is 6.20. The van der Waals surface area contributed by atoms with Crippen LogP contribution in [0.25, 0.3) is 0 Å². The first-order valence-electron chi connectivity index (χ1n) is 7.13. The van der Waals surface area contributed by atoms with Gasteiger partial charge in [-0.25, -0.2) is 4.98 Å². The van der Waals surface area contributed by atoms with Crippen LogP contribution in [0.1, 0.15) is 34.2 Å². The minimum Gasteiger partial charge on any atom is -0.490 e. The summed E-state index contributed by atoms with van der Waals surface area (Å²) >= 11 is 1.47. The van der Waals surface area contributed by atoms with Crippen molar-refractivity contribution < 1.29 is 14.5 Å². The maximum Gasteiger partial charge on any atom is 0.323 e. The van der Waals surface area contributed by atoms with Crippen molar-refractivity contribution in [2.24, 2.45) is 5.92 Å². The fourth-order valence-electron chi connectivity index (χ4n) is 2.48. The summed E-state index contributed by atoms with van der Waals surface area (Å²) in [7, 11) is 1.34. The maximum atomic E-state index is 12.6. The van der Waals surface area contributed by atoms with Crippen molar-refractivity contribution in [2.75, 3.05) is 7.11 Å². The van der Waals surface area contributed by atoms with E-state index in [4.69, 9.17) is 4.74 Å². The van der Waals surface area contributed by atoms with Crippen LogP contribution in [0, 0.1) is 16.0 Å². The van der Waals surface area contributed by atoms with E-state index in [1.165, 1.54) is 30.6 Å². The number of rotatable bonds is 6. The number of methoxy groups -OCH3 is 1. The molecule has 1 N–H and O–H groups in total. The molecule has 1 aromatic heterocycles. The number of hydrogen-bond acceptors (Lipinski definition) is 6. The van der Waals surface area contributed by atoms with Gasteiger partial charge in [0.05, 0.1) is 18.1 Å². The number of ether oxygens (including phenoxy) is 1. The van der Waals surface area contributed by atoms with Crippen LogP contribution in [0.3, 0.4) is 0 Å². The number of carbonyl (C=O) groups excluding carboxylic acids is 1. The number of carbonyl (C=O) groups is 1. The van der Waals surface area contributed by atoms with E-state index in [1.54, 1.807) is 12.3 Å². The van der Waals surface area contributed by atoms with Crippen LogP contribution in [-0.2, 0) is 0 Å². The fraction of sp³-hybridized carbons (Fsp3) is 0.333. The molecule has 1 aliphatic rings. The predicted octanol–water partition coefficient (Wildman–Crippen LogP) is 2.94. The number of benzene rings is 1. The zero-order valence-corrected chi connectivity index (χ0v) is 13.2. The van der Waals surface area contributed by atoms with Gasteiger partial charge in [-0.15, -0.1) is 11.3 Å². The van der Waals surface area contributed by atoms with Gasteiger partial charge in [-0.05, 0) is 30.9 Å². The molecule has 1 fully saturated rings. The van der Waals surface area contributed by atoms with Crippen molar-refractivity contribution in [2.45, 2.75) is 18.9 Å². The van der Waals surface area contributed by atoms with E-state index in [0.717, 1.165) is 17.8 Å². The topological polar surface area (TPSA) is 94.4 Å². The van der Waals surface area contributed by atoms with Crippen LogP contribution in [0.5, 0.6) is 5.75 Å². The summed E-state index contributed by atoms with van der Waals surface area (Å²) in [6.07, 6.45) is 3.73. The van der Waals surface area contributed by atoms with Crippen LogP contribution in [0.4, 0.5) is 5.69 Å². The molecule has 120 valence electrons. The van der Waals surface area contributed by atoms with E-state index in [2.05, 4.69) is 10.3 Å². The number of thiazole rings is 1. The third-order valence-electron chi connectivity index (χ3n) is 3.74. The van der Waals surface area contributed by atoms with Crippen LogP contribution < -0.4 is 10.1 Å². The average molecular weight is 333 g/mol.